The average Bonchev–Trinajstić information content (AvgIpc) is 2.60. The van der Waals surface area contributed by atoms with Crippen molar-refractivity contribution in [2.24, 2.45) is 5.10 Å². The van der Waals surface area contributed by atoms with Crippen molar-refractivity contribution in [1.82, 2.24) is 10.7 Å². The Morgan fingerprint density at radius 3 is 2.91 bits per heavy atom. The number of hydrogen-bond donors (Lipinski definition) is 2. The zero-order valence-corrected chi connectivity index (χ0v) is 13.1. The Morgan fingerprint density at radius 2 is 2.13 bits per heavy atom. The maximum absolute atomic E-state index is 11.8. The first-order valence-electron chi connectivity index (χ1n) is 7.93. The van der Waals surface area contributed by atoms with Crippen LogP contribution in [0.2, 0.25) is 0 Å². The van der Waals surface area contributed by atoms with Crippen molar-refractivity contribution in [3.05, 3.63) is 29.8 Å². The lowest BCUT2D eigenvalue weighted by atomic mass is 9.95. The van der Waals surface area contributed by atoms with Gasteiger partial charge in [-0.15, -0.1) is 0 Å². The maximum Gasteiger partial charge on any atom is 0.254 e. The predicted octanol–water partition coefficient (Wildman–Crippen LogP) is 1.96. The summed E-state index contributed by atoms with van der Waals surface area (Å²) in [5.41, 5.74) is 3.21. The van der Waals surface area contributed by atoms with Crippen LogP contribution in [-0.4, -0.2) is 31.3 Å². The highest BCUT2D eigenvalue weighted by Crippen LogP contribution is 2.17. The van der Waals surface area contributed by atoms with Crippen molar-refractivity contribution in [1.29, 1.82) is 5.26 Å². The van der Waals surface area contributed by atoms with Crippen LogP contribution < -0.4 is 15.5 Å². The molecule has 0 radical (unpaired) electrons. The highest BCUT2D eigenvalue weighted by molar-refractivity contribution is 5.85. The number of carbonyl (C=O) groups is 1. The van der Waals surface area contributed by atoms with Gasteiger partial charge in [0.25, 0.3) is 5.91 Å². The molecule has 1 aromatic carbocycles. The highest BCUT2D eigenvalue weighted by Gasteiger charge is 2.13. The van der Waals surface area contributed by atoms with Gasteiger partial charge < -0.3 is 10.1 Å². The molecule has 0 aromatic heterocycles. The molecule has 1 fully saturated rings. The van der Waals surface area contributed by atoms with Crippen LogP contribution in [0.15, 0.2) is 29.4 Å². The summed E-state index contributed by atoms with van der Waals surface area (Å²) in [6.45, 7) is 0.247. The first-order chi connectivity index (χ1) is 11.3. The molecule has 1 saturated carbocycles. The molecule has 0 bridgehead atoms. The number of nitriles is 1. The lowest BCUT2D eigenvalue weighted by Crippen LogP contribution is -2.38. The Morgan fingerprint density at radius 1 is 1.35 bits per heavy atom. The number of ether oxygens (including phenoxy) is 1. The number of para-hydroxylation sites is 1. The SMILES string of the molecule is N#CCOc1ccccc1/C=N\NC(=O)CNC1CCCCC1. The van der Waals surface area contributed by atoms with Crippen molar-refractivity contribution in [2.75, 3.05) is 13.2 Å². The fraction of sp³-hybridized carbons (Fsp3) is 0.471. The first-order valence-corrected chi connectivity index (χ1v) is 7.93. The summed E-state index contributed by atoms with van der Waals surface area (Å²) < 4.78 is 5.29. The molecule has 0 aliphatic heterocycles. The second-order valence-corrected chi connectivity index (χ2v) is 5.49. The number of hydrazone groups is 1. The number of hydrogen-bond acceptors (Lipinski definition) is 5. The second-order valence-electron chi connectivity index (χ2n) is 5.49. The minimum absolute atomic E-state index is 0.0253. The molecule has 1 aliphatic rings. The van der Waals surface area contributed by atoms with E-state index in [9.17, 15) is 4.79 Å². The molecule has 0 unspecified atom stereocenters. The molecule has 0 heterocycles. The highest BCUT2D eigenvalue weighted by atomic mass is 16.5. The Kier molecular flexibility index (Phi) is 7.08. The molecular weight excluding hydrogens is 292 g/mol. The normalized spacial score (nSPS) is 15.3. The van der Waals surface area contributed by atoms with Crippen LogP contribution in [0.3, 0.4) is 0 Å². The van der Waals surface area contributed by atoms with Gasteiger partial charge in [-0.1, -0.05) is 31.4 Å². The van der Waals surface area contributed by atoms with Crippen molar-refractivity contribution in [2.45, 2.75) is 38.1 Å². The van der Waals surface area contributed by atoms with Gasteiger partial charge in [-0.25, -0.2) is 5.43 Å². The van der Waals surface area contributed by atoms with Crippen LogP contribution in [0.1, 0.15) is 37.7 Å². The molecule has 6 nitrogen and oxygen atoms in total. The van der Waals surface area contributed by atoms with Gasteiger partial charge in [0, 0.05) is 11.6 Å². The van der Waals surface area contributed by atoms with E-state index in [1.807, 2.05) is 24.3 Å². The monoisotopic (exact) mass is 314 g/mol. The largest absolute Gasteiger partial charge is 0.478 e. The van der Waals surface area contributed by atoms with E-state index in [1.165, 1.54) is 25.5 Å². The van der Waals surface area contributed by atoms with Crippen molar-refractivity contribution < 1.29 is 9.53 Å². The average molecular weight is 314 g/mol. The van der Waals surface area contributed by atoms with Gasteiger partial charge in [-0.2, -0.15) is 10.4 Å². The molecule has 122 valence electrons. The van der Waals surface area contributed by atoms with Gasteiger partial charge in [-0.3, -0.25) is 4.79 Å². The number of benzene rings is 1. The van der Waals surface area contributed by atoms with E-state index in [4.69, 9.17) is 10.00 Å². The van der Waals surface area contributed by atoms with Gasteiger partial charge in [0.15, 0.2) is 6.61 Å². The molecule has 23 heavy (non-hydrogen) atoms. The smallest absolute Gasteiger partial charge is 0.254 e. The summed E-state index contributed by atoms with van der Waals surface area (Å²) in [5.74, 6) is 0.398. The topological polar surface area (TPSA) is 86.5 Å². The summed E-state index contributed by atoms with van der Waals surface area (Å²) in [7, 11) is 0. The van der Waals surface area contributed by atoms with Gasteiger partial charge in [0.05, 0.1) is 12.8 Å². The third-order valence-electron chi connectivity index (χ3n) is 3.76. The van der Waals surface area contributed by atoms with Gasteiger partial charge in [0.2, 0.25) is 0 Å². The quantitative estimate of drug-likeness (QED) is 0.595. The molecule has 1 aliphatic carbocycles. The maximum atomic E-state index is 11.8. The Hall–Kier alpha value is -2.39. The first kappa shape index (κ1) is 17.0. The number of carbonyl (C=O) groups excluding carboxylic acids is 1. The molecule has 1 amide bonds. The van der Waals surface area contributed by atoms with Crippen LogP contribution in [0, 0.1) is 11.3 Å². The van der Waals surface area contributed by atoms with E-state index in [0.717, 1.165) is 12.8 Å². The fourth-order valence-corrected chi connectivity index (χ4v) is 2.59. The van der Waals surface area contributed by atoms with E-state index >= 15 is 0 Å². The summed E-state index contributed by atoms with van der Waals surface area (Å²) in [5, 5.41) is 15.8. The van der Waals surface area contributed by atoms with Crippen molar-refractivity contribution in [3.63, 3.8) is 0 Å². The lowest BCUT2D eigenvalue weighted by molar-refractivity contribution is -0.120. The van der Waals surface area contributed by atoms with Crippen molar-refractivity contribution >= 4 is 12.1 Å². The molecular formula is C17H22N4O2. The van der Waals surface area contributed by atoms with E-state index in [2.05, 4.69) is 15.8 Å². The van der Waals surface area contributed by atoms with Crippen LogP contribution in [0.4, 0.5) is 0 Å². The van der Waals surface area contributed by atoms with E-state index < -0.39 is 0 Å². The number of amides is 1. The zero-order valence-electron chi connectivity index (χ0n) is 13.1. The third kappa shape index (κ3) is 6.09. The Labute approximate surface area is 136 Å². The number of nitrogens with zero attached hydrogens (tertiary/aromatic N) is 2. The number of nitrogens with one attached hydrogen (secondary N) is 2. The van der Waals surface area contributed by atoms with Crippen LogP contribution in [-0.2, 0) is 4.79 Å². The van der Waals surface area contributed by atoms with Crippen LogP contribution >= 0.6 is 0 Å². The van der Waals surface area contributed by atoms with Crippen LogP contribution in [0.5, 0.6) is 5.75 Å². The minimum atomic E-state index is -0.165. The second kappa shape index (κ2) is 9.59. The molecule has 0 saturated heterocycles. The molecule has 0 atom stereocenters. The van der Waals surface area contributed by atoms with E-state index in [0.29, 0.717) is 17.4 Å². The third-order valence-corrected chi connectivity index (χ3v) is 3.76. The lowest BCUT2D eigenvalue weighted by Gasteiger charge is -2.22. The summed E-state index contributed by atoms with van der Waals surface area (Å²) in [4.78, 5) is 11.8. The number of rotatable bonds is 7. The zero-order chi connectivity index (χ0) is 16.3. The molecule has 6 heteroatoms. The Bertz CT molecular complexity index is 574. The van der Waals surface area contributed by atoms with Crippen LogP contribution in [0.25, 0.3) is 0 Å². The Balaban J connectivity index is 1.77. The van der Waals surface area contributed by atoms with Gasteiger partial charge in [-0.05, 0) is 25.0 Å². The van der Waals surface area contributed by atoms with Crippen molar-refractivity contribution in [3.8, 4) is 11.8 Å². The summed E-state index contributed by atoms with van der Waals surface area (Å²) in [6, 6.07) is 9.58. The van der Waals surface area contributed by atoms with Gasteiger partial charge >= 0.3 is 0 Å². The molecule has 0 spiro atoms. The summed E-state index contributed by atoms with van der Waals surface area (Å²) in [6.07, 6.45) is 7.56. The summed E-state index contributed by atoms with van der Waals surface area (Å²) >= 11 is 0. The standard InChI is InChI=1S/C17H22N4O2/c18-10-11-23-16-9-5-4-6-14(16)12-20-21-17(22)13-19-15-7-2-1-3-8-15/h4-6,9,12,15,19H,1-3,7-8,11,13H2,(H,21,22)/b20-12-. The molecule has 2 rings (SSSR count). The fourth-order valence-electron chi connectivity index (χ4n) is 2.59. The van der Waals surface area contributed by atoms with E-state index in [-0.39, 0.29) is 19.1 Å². The van der Waals surface area contributed by atoms with E-state index in [1.54, 1.807) is 6.07 Å². The van der Waals surface area contributed by atoms with Gasteiger partial charge in [0.1, 0.15) is 11.8 Å². The molecule has 2 N–H and O–H groups in total. The predicted molar refractivity (Wildman–Crippen MR) is 88.2 cm³/mol. The minimum Gasteiger partial charge on any atom is -0.478 e. The molecule has 1 aromatic rings.